The third-order valence-electron chi connectivity index (χ3n) is 3.23. The van der Waals surface area contributed by atoms with Gasteiger partial charge >= 0.3 is 12.4 Å². The van der Waals surface area contributed by atoms with Crippen molar-refractivity contribution in [3.05, 3.63) is 57.3 Å². The number of Topliss-reactive ketones (excluding diaryl/α,β-unsaturated/α-hetero) is 1. The van der Waals surface area contributed by atoms with E-state index >= 15 is 0 Å². The second-order valence-electron chi connectivity index (χ2n) is 5.34. The van der Waals surface area contributed by atoms with Crippen LogP contribution in [0.3, 0.4) is 0 Å². The molecule has 0 spiro atoms. The third-order valence-corrected chi connectivity index (χ3v) is 5.50. The lowest BCUT2D eigenvalue weighted by molar-refractivity contribution is -0.138. The largest absolute Gasteiger partial charge is 0.455 e. The lowest BCUT2D eigenvalue weighted by atomic mass is 10.1. The minimum atomic E-state index is -5.17. The first-order valence-electron chi connectivity index (χ1n) is 7.12. The van der Waals surface area contributed by atoms with Crippen molar-refractivity contribution in [2.75, 3.05) is 0 Å². The molecule has 0 aliphatic heterocycles. The summed E-state index contributed by atoms with van der Waals surface area (Å²) in [6.45, 7) is 0. The summed E-state index contributed by atoms with van der Waals surface area (Å²) in [5, 5.41) is 0. The molecule has 0 atom stereocenters. The topological polar surface area (TPSA) is 80.3 Å². The van der Waals surface area contributed by atoms with Crippen LogP contribution in [-0.2, 0) is 22.0 Å². The van der Waals surface area contributed by atoms with Crippen molar-refractivity contribution in [2.45, 2.75) is 18.1 Å². The summed E-state index contributed by atoms with van der Waals surface area (Å²) in [5.41, 5.74) is -1.82. The molecule has 1 aromatic heterocycles. The Kier molecular flexibility index (Phi) is 5.90. The number of ketones is 1. The van der Waals surface area contributed by atoms with Gasteiger partial charge in [0.2, 0.25) is 10.0 Å². The summed E-state index contributed by atoms with van der Waals surface area (Å²) in [7, 11) is -4.60. The number of carbonyl (C=O) groups is 2. The highest BCUT2D eigenvalue weighted by molar-refractivity contribution is 7.89. The number of hydrogen-bond acceptors (Lipinski definition) is 5. The molecule has 2 rings (SSSR count). The van der Waals surface area contributed by atoms with Gasteiger partial charge in [0.1, 0.15) is 0 Å². The number of carbonyl (C=O) groups excluding carboxylic acids is 2. The number of alkyl halides is 6. The van der Waals surface area contributed by atoms with Crippen LogP contribution in [0.1, 0.15) is 30.5 Å². The number of amides is 1. The van der Waals surface area contributed by atoms with E-state index in [2.05, 4.69) is 0 Å². The Bertz CT molecular complexity index is 1010. The molecule has 13 heteroatoms. The van der Waals surface area contributed by atoms with Gasteiger partial charge in [0.05, 0.1) is 21.1 Å². The number of sulfonamides is 1. The molecule has 1 N–H and O–H groups in total. The van der Waals surface area contributed by atoms with E-state index in [0.29, 0.717) is 12.1 Å². The van der Waals surface area contributed by atoms with Crippen LogP contribution in [0.4, 0.5) is 26.3 Å². The van der Waals surface area contributed by atoms with Crippen LogP contribution in [0.15, 0.2) is 36.4 Å². The van der Waals surface area contributed by atoms with Gasteiger partial charge < -0.3 is 0 Å². The van der Waals surface area contributed by atoms with E-state index in [1.54, 1.807) is 0 Å². The van der Waals surface area contributed by atoms with Crippen LogP contribution in [0.2, 0.25) is 0 Å². The van der Waals surface area contributed by atoms with Gasteiger partial charge in [-0.2, -0.15) is 26.3 Å². The molecule has 1 amide bonds. The zero-order chi connectivity index (χ0) is 21.3. The van der Waals surface area contributed by atoms with Crippen molar-refractivity contribution in [1.29, 1.82) is 0 Å². The standard InChI is InChI=1S/C15H9F6NO4S2/c16-14(17,18)9-4-2-1-3-8(9)7-28(25,26)22-13(24)11-6-5-10(27-11)12(23)15(19,20)21/h1-6H,7H2,(H,22,24). The second-order valence-corrected chi connectivity index (χ2v) is 8.14. The highest BCUT2D eigenvalue weighted by Gasteiger charge is 2.40. The molecule has 2 aromatic rings. The molecule has 0 radical (unpaired) electrons. The maximum Gasteiger partial charge on any atom is 0.455 e. The van der Waals surface area contributed by atoms with Crippen LogP contribution in [0.5, 0.6) is 0 Å². The number of hydrogen-bond donors (Lipinski definition) is 1. The molecule has 152 valence electrons. The molecule has 0 saturated carbocycles. The second kappa shape index (κ2) is 7.54. The molecular weight excluding hydrogens is 436 g/mol. The molecular formula is C15H9F6NO4S2. The first-order valence-corrected chi connectivity index (χ1v) is 9.59. The maximum atomic E-state index is 12.9. The van der Waals surface area contributed by atoms with Crippen molar-refractivity contribution in [2.24, 2.45) is 0 Å². The minimum absolute atomic E-state index is 0.104. The summed E-state index contributed by atoms with van der Waals surface area (Å²) in [6.07, 6.45) is -10.00. The number of thiophene rings is 1. The van der Waals surface area contributed by atoms with E-state index in [4.69, 9.17) is 0 Å². The van der Waals surface area contributed by atoms with E-state index in [1.807, 2.05) is 0 Å². The molecule has 1 aromatic carbocycles. The Labute approximate surface area is 158 Å². The molecule has 28 heavy (non-hydrogen) atoms. The van der Waals surface area contributed by atoms with E-state index in [-0.39, 0.29) is 11.3 Å². The van der Waals surface area contributed by atoms with E-state index < -0.39 is 60.7 Å². The SMILES string of the molecule is O=C(NS(=O)(=O)Cc1ccccc1C(F)(F)F)c1ccc(C(=O)C(F)(F)F)s1. The predicted octanol–water partition coefficient (Wildman–Crippen LogP) is 3.77. The Balaban J connectivity index is 2.19. The summed E-state index contributed by atoms with van der Waals surface area (Å²) in [6, 6.07) is 5.32. The average molecular weight is 445 g/mol. The third kappa shape index (κ3) is 5.32. The van der Waals surface area contributed by atoms with Gasteiger partial charge in [0.15, 0.2) is 0 Å². The van der Waals surface area contributed by atoms with Gasteiger partial charge in [-0.15, -0.1) is 11.3 Å². The molecule has 0 aliphatic carbocycles. The Morgan fingerprint density at radius 3 is 2.07 bits per heavy atom. The first-order chi connectivity index (χ1) is 12.7. The zero-order valence-corrected chi connectivity index (χ0v) is 15.0. The van der Waals surface area contributed by atoms with Gasteiger partial charge in [-0.3, -0.25) is 9.59 Å². The van der Waals surface area contributed by atoms with Crippen molar-refractivity contribution in [1.82, 2.24) is 4.72 Å². The van der Waals surface area contributed by atoms with Crippen molar-refractivity contribution >= 4 is 33.1 Å². The van der Waals surface area contributed by atoms with Crippen LogP contribution >= 0.6 is 11.3 Å². The van der Waals surface area contributed by atoms with E-state index in [9.17, 15) is 44.3 Å². The number of benzene rings is 1. The highest BCUT2D eigenvalue weighted by atomic mass is 32.2. The Hall–Kier alpha value is -2.41. The molecule has 1 heterocycles. The van der Waals surface area contributed by atoms with Crippen LogP contribution in [0.25, 0.3) is 0 Å². The van der Waals surface area contributed by atoms with Gasteiger partial charge in [-0.05, 0) is 23.8 Å². The zero-order valence-electron chi connectivity index (χ0n) is 13.4. The fraction of sp³-hybridized carbons (Fsp3) is 0.200. The first kappa shape index (κ1) is 21.9. The molecule has 0 bridgehead atoms. The van der Waals surface area contributed by atoms with Gasteiger partial charge in [-0.25, -0.2) is 13.1 Å². The van der Waals surface area contributed by atoms with Gasteiger partial charge in [-0.1, -0.05) is 18.2 Å². The van der Waals surface area contributed by atoms with Crippen LogP contribution < -0.4 is 4.72 Å². The van der Waals surface area contributed by atoms with Crippen LogP contribution in [-0.4, -0.2) is 26.3 Å². The fourth-order valence-corrected chi connectivity index (χ4v) is 4.13. The molecule has 5 nitrogen and oxygen atoms in total. The fourth-order valence-electron chi connectivity index (χ4n) is 2.08. The predicted molar refractivity (Wildman–Crippen MR) is 86.2 cm³/mol. The molecule has 0 fully saturated rings. The lowest BCUT2D eigenvalue weighted by Crippen LogP contribution is -2.31. The number of rotatable bonds is 5. The van der Waals surface area contributed by atoms with E-state index in [1.165, 1.54) is 10.8 Å². The average Bonchev–Trinajstić information content (AvgIpc) is 3.01. The summed E-state index contributed by atoms with van der Waals surface area (Å²) in [4.78, 5) is 21.6. The summed E-state index contributed by atoms with van der Waals surface area (Å²) in [5.74, 6) is -4.76. The van der Waals surface area contributed by atoms with Gasteiger partial charge in [0, 0.05) is 0 Å². The van der Waals surface area contributed by atoms with Gasteiger partial charge in [0.25, 0.3) is 11.7 Å². The highest BCUT2D eigenvalue weighted by Crippen LogP contribution is 2.32. The van der Waals surface area contributed by atoms with Crippen molar-refractivity contribution in [3.63, 3.8) is 0 Å². The summed E-state index contributed by atoms with van der Waals surface area (Å²) < 4.78 is 101. The smallest absolute Gasteiger partial charge is 0.283 e. The molecule has 0 unspecified atom stereocenters. The van der Waals surface area contributed by atoms with Crippen LogP contribution in [0, 0.1) is 0 Å². The van der Waals surface area contributed by atoms with Crippen molar-refractivity contribution in [3.8, 4) is 0 Å². The normalized spacial score (nSPS) is 12.6. The maximum absolute atomic E-state index is 12.9. The minimum Gasteiger partial charge on any atom is -0.283 e. The Morgan fingerprint density at radius 1 is 0.929 bits per heavy atom. The number of nitrogens with one attached hydrogen (secondary N) is 1. The molecule has 0 aliphatic rings. The van der Waals surface area contributed by atoms with Crippen molar-refractivity contribution < 1.29 is 44.3 Å². The van der Waals surface area contributed by atoms with E-state index in [0.717, 1.165) is 18.2 Å². The Morgan fingerprint density at radius 2 is 1.50 bits per heavy atom. The monoisotopic (exact) mass is 445 g/mol. The lowest BCUT2D eigenvalue weighted by Gasteiger charge is -2.13. The summed E-state index contributed by atoms with van der Waals surface area (Å²) >= 11 is 0.104. The quantitative estimate of drug-likeness (QED) is 0.561. The number of halogens is 6. The molecule has 0 saturated heterocycles.